The Morgan fingerprint density at radius 1 is 1.09 bits per heavy atom. The van der Waals surface area contributed by atoms with Gasteiger partial charge in [-0.05, 0) is 30.3 Å². The lowest BCUT2D eigenvalue weighted by Crippen LogP contribution is -2.08. The van der Waals surface area contributed by atoms with Crippen molar-refractivity contribution in [2.75, 3.05) is 11.5 Å². The zero-order valence-corrected chi connectivity index (χ0v) is 15.9. The number of hydrogen-bond acceptors (Lipinski definition) is 7. The van der Waals surface area contributed by atoms with Gasteiger partial charge in [-0.25, -0.2) is 14.2 Å². The highest BCUT2D eigenvalue weighted by atomic mass is 19.4. The van der Waals surface area contributed by atoms with Gasteiger partial charge in [-0.3, -0.25) is 0 Å². The van der Waals surface area contributed by atoms with Crippen LogP contribution >= 0.6 is 0 Å². The van der Waals surface area contributed by atoms with Gasteiger partial charge in [-0.1, -0.05) is 0 Å². The summed E-state index contributed by atoms with van der Waals surface area (Å²) >= 11 is 0. The molecule has 4 aromatic rings. The van der Waals surface area contributed by atoms with Crippen LogP contribution in [0.1, 0.15) is 15.9 Å². The second-order valence-electron chi connectivity index (χ2n) is 6.20. The highest BCUT2D eigenvalue weighted by Gasteiger charge is 2.33. The number of nitrogen functional groups attached to an aromatic ring is 2. The number of carboxylic acids is 1. The molecule has 0 saturated heterocycles. The van der Waals surface area contributed by atoms with E-state index in [4.69, 9.17) is 25.7 Å². The largest absolute Gasteiger partial charge is 0.478 e. The summed E-state index contributed by atoms with van der Waals surface area (Å²) in [6.45, 7) is 0. The number of alkyl halides is 3. The molecular weight excluding hydrogens is 436 g/mol. The summed E-state index contributed by atoms with van der Waals surface area (Å²) in [5.74, 6) is -1.49. The van der Waals surface area contributed by atoms with Gasteiger partial charge in [0.1, 0.15) is 29.0 Å². The summed E-state index contributed by atoms with van der Waals surface area (Å²) in [5.41, 5.74) is 9.60. The van der Waals surface area contributed by atoms with Crippen molar-refractivity contribution in [2.24, 2.45) is 0 Å². The van der Waals surface area contributed by atoms with Gasteiger partial charge < -0.3 is 25.7 Å². The van der Waals surface area contributed by atoms with E-state index >= 15 is 0 Å². The normalized spacial score (nSPS) is 11.0. The Balaban J connectivity index is 0.000000207. The number of aromatic carboxylic acids is 1. The van der Waals surface area contributed by atoms with Crippen molar-refractivity contribution in [2.45, 2.75) is 6.18 Å². The van der Waals surface area contributed by atoms with E-state index in [-0.39, 0.29) is 17.2 Å². The standard InChI is InChI=1S/C13H9N3O4.C7H5F4N/c14-13-15-4-3-11(16-13)20-7-1-2-8-9(12(17)18)6-19-10(8)5-7;8-6-2-1-4(12)3-5(6)7(9,10)11/h1-6H,(H,17,18)(H2,14,15,16);1-3H,12H2. The van der Waals surface area contributed by atoms with E-state index in [1.54, 1.807) is 24.3 Å². The Hall–Kier alpha value is -4.35. The Labute approximate surface area is 177 Å². The summed E-state index contributed by atoms with van der Waals surface area (Å²) < 4.78 is 59.0. The molecule has 0 aliphatic carbocycles. The van der Waals surface area contributed by atoms with Gasteiger partial charge >= 0.3 is 12.1 Å². The summed E-state index contributed by atoms with van der Waals surface area (Å²) in [5, 5.41) is 9.49. The third-order valence-electron chi connectivity index (χ3n) is 3.94. The van der Waals surface area contributed by atoms with Crippen molar-refractivity contribution in [3.05, 3.63) is 71.9 Å². The SMILES string of the molecule is Nc1ccc(F)c(C(F)(F)F)c1.Nc1nccc(Oc2ccc3c(C(=O)O)coc3c2)n1. The first kappa shape index (κ1) is 22.3. The molecule has 0 aliphatic rings. The molecule has 4 rings (SSSR count). The van der Waals surface area contributed by atoms with E-state index in [2.05, 4.69) is 9.97 Å². The van der Waals surface area contributed by atoms with Crippen LogP contribution in [0.2, 0.25) is 0 Å². The molecule has 166 valence electrons. The predicted molar refractivity (Wildman–Crippen MR) is 106 cm³/mol. The third kappa shape index (κ3) is 5.22. The number of hydrogen-bond donors (Lipinski definition) is 3. The van der Waals surface area contributed by atoms with Crippen LogP contribution in [0.25, 0.3) is 11.0 Å². The number of fused-ring (bicyclic) bond motifs is 1. The van der Waals surface area contributed by atoms with E-state index in [0.29, 0.717) is 34.7 Å². The van der Waals surface area contributed by atoms with Crippen LogP contribution in [0.3, 0.4) is 0 Å². The van der Waals surface area contributed by atoms with Crippen molar-refractivity contribution in [3.63, 3.8) is 0 Å². The first-order valence-corrected chi connectivity index (χ1v) is 8.67. The van der Waals surface area contributed by atoms with E-state index in [9.17, 15) is 22.4 Å². The van der Waals surface area contributed by atoms with Crippen LogP contribution in [-0.4, -0.2) is 21.0 Å². The predicted octanol–water partition coefficient (Wildman–Crippen LogP) is 4.72. The Kier molecular flexibility index (Phi) is 6.14. The average molecular weight is 450 g/mol. The first-order chi connectivity index (χ1) is 15.0. The summed E-state index contributed by atoms with van der Waals surface area (Å²) in [7, 11) is 0. The minimum atomic E-state index is -4.68. The molecule has 0 aliphatic heterocycles. The molecule has 0 radical (unpaired) electrons. The molecule has 0 unspecified atom stereocenters. The Morgan fingerprint density at radius 3 is 2.47 bits per heavy atom. The fourth-order valence-corrected chi connectivity index (χ4v) is 2.53. The number of nitrogens with zero attached hydrogens (tertiary/aromatic N) is 2. The number of furan rings is 1. The topological polar surface area (TPSA) is 137 Å². The van der Waals surface area contributed by atoms with Crippen molar-refractivity contribution in [3.8, 4) is 11.6 Å². The number of rotatable bonds is 3. The fraction of sp³-hybridized carbons (Fsp3) is 0.0500. The van der Waals surface area contributed by atoms with Gasteiger partial charge in [-0.2, -0.15) is 18.2 Å². The molecule has 5 N–H and O–H groups in total. The Morgan fingerprint density at radius 2 is 1.84 bits per heavy atom. The lowest BCUT2D eigenvalue weighted by molar-refractivity contribution is -0.139. The second-order valence-corrected chi connectivity index (χ2v) is 6.20. The highest BCUT2D eigenvalue weighted by Crippen LogP contribution is 2.32. The summed E-state index contributed by atoms with van der Waals surface area (Å²) in [6, 6.07) is 8.72. The molecule has 2 heterocycles. The van der Waals surface area contributed by atoms with Gasteiger partial charge in [0.15, 0.2) is 0 Å². The maximum absolute atomic E-state index is 12.5. The zero-order valence-electron chi connectivity index (χ0n) is 15.9. The smallest absolute Gasteiger partial charge is 0.419 e. The maximum Gasteiger partial charge on any atom is 0.419 e. The number of ether oxygens (including phenoxy) is 1. The molecule has 8 nitrogen and oxygen atoms in total. The first-order valence-electron chi connectivity index (χ1n) is 8.67. The van der Waals surface area contributed by atoms with Crippen molar-refractivity contribution in [1.82, 2.24) is 9.97 Å². The number of aromatic nitrogens is 2. The summed E-state index contributed by atoms with van der Waals surface area (Å²) in [6.07, 6.45) is -2.01. The third-order valence-corrected chi connectivity index (χ3v) is 3.94. The molecule has 12 heteroatoms. The molecule has 0 saturated carbocycles. The lowest BCUT2D eigenvalue weighted by atomic mass is 10.2. The molecule has 0 spiro atoms. The molecular formula is C20H14F4N4O4. The molecule has 0 bridgehead atoms. The quantitative estimate of drug-likeness (QED) is 0.301. The van der Waals surface area contributed by atoms with Crippen molar-refractivity contribution < 1.29 is 36.6 Å². The minimum absolute atomic E-state index is 0.106. The van der Waals surface area contributed by atoms with Crippen LogP contribution in [-0.2, 0) is 6.18 Å². The van der Waals surface area contributed by atoms with Gasteiger partial charge in [0.05, 0.1) is 5.56 Å². The van der Waals surface area contributed by atoms with Crippen LogP contribution in [0.4, 0.5) is 29.2 Å². The van der Waals surface area contributed by atoms with Gasteiger partial charge in [0, 0.05) is 29.4 Å². The van der Waals surface area contributed by atoms with Crippen LogP contribution in [0.15, 0.2) is 59.3 Å². The monoisotopic (exact) mass is 450 g/mol. The molecule has 32 heavy (non-hydrogen) atoms. The summed E-state index contributed by atoms with van der Waals surface area (Å²) in [4.78, 5) is 18.6. The van der Waals surface area contributed by atoms with Crippen LogP contribution < -0.4 is 16.2 Å². The van der Waals surface area contributed by atoms with E-state index in [0.717, 1.165) is 6.07 Å². The molecule has 2 aromatic carbocycles. The average Bonchev–Trinajstić information content (AvgIpc) is 3.13. The van der Waals surface area contributed by atoms with E-state index in [1.165, 1.54) is 12.5 Å². The van der Waals surface area contributed by atoms with Crippen LogP contribution in [0, 0.1) is 5.82 Å². The minimum Gasteiger partial charge on any atom is -0.478 e. The van der Waals surface area contributed by atoms with E-state index in [1.807, 2.05) is 0 Å². The number of nitrogens with two attached hydrogens (primary N) is 2. The molecule has 2 aromatic heterocycles. The van der Waals surface area contributed by atoms with E-state index < -0.39 is 23.5 Å². The highest BCUT2D eigenvalue weighted by molar-refractivity contribution is 6.02. The lowest BCUT2D eigenvalue weighted by Gasteiger charge is -2.07. The van der Waals surface area contributed by atoms with Gasteiger partial charge in [-0.15, -0.1) is 0 Å². The number of benzene rings is 2. The number of anilines is 2. The Bertz CT molecular complexity index is 1270. The maximum atomic E-state index is 12.5. The molecule has 0 fully saturated rings. The zero-order chi connectivity index (χ0) is 23.5. The number of halogens is 4. The molecule has 0 amide bonds. The van der Waals surface area contributed by atoms with Crippen molar-refractivity contribution >= 4 is 28.6 Å². The molecule has 0 atom stereocenters. The van der Waals surface area contributed by atoms with Gasteiger partial charge in [0.2, 0.25) is 11.8 Å². The number of carbonyl (C=O) groups is 1. The second kappa shape index (κ2) is 8.79. The fourth-order valence-electron chi connectivity index (χ4n) is 2.53. The van der Waals surface area contributed by atoms with Crippen LogP contribution in [0.5, 0.6) is 11.6 Å². The van der Waals surface area contributed by atoms with Gasteiger partial charge in [0.25, 0.3) is 0 Å². The number of carboxylic acid groups (broad SMARTS) is 1. The van der Waals surface area contributed by atoms with Crippen molar-refractivity contribution in [1.29, 1.82) is 0 Å².